The van der Waals surface area contributed by atoms with Crippen molar-refractivity contribution >= 4 is 5.91 Å². The van der Waals surface area contributed by atoms with Gasteiger partial charge >= 0.3 is 0 Å². The molecule has 1 fully saturated rings. The van der Waals surface area contributed by atoms with Crippen LogP contribution in [0.3, 0.4) is 0 Å². The second-order valence-corrected chi connectivity index (χ2v) is 16.1. The molecule has 1 saturated heterocycles. The van der Waals surface area contributed by atoms with Crippen LogP contribution >= 0.6 is 0 Å². The van der Waals surface area contributed by atoms with Crippen molar-refractivity contribution < 1.29 is 50.0 Å². The van der Waals surface area contributed by atoms with E-state index in [-0.39, 0.29) is 12.8 Å². The highest BCUT2D eigenvalue weighted by Gasteiger charge is 2.44. The van der Waals surface area contributed by atoms with Gasteiger partial charge in [-0.05, 0) is 77.0 Å². The molecule has 0 aromatic heterocycles. The molecule has 334 valence electrons. The van der Waals surface area contributed by atoms with Crippen LogP contribution in [0.1, 0.15) is 181 Å². The van der Waals surface area contributed by atoms with Gasteiger partial charge in [-0.3, -0.25) is 4.79 Å². The fourth-order valence-electron chi connectivity index (χ4n) is 7.04. The molecule has 11 heteroatoms. The molecule has 1 amide bonds. The van der Waals surface area contributed by atoms with Gasteiger partial charge in [0.25, 0.3) is 0 Å². The lowest BCUT2D eigenvalue weighted by Gasteiger charge is -2.40. The maximum atomic E-state index is 13.0. The number of hydrogen-bond donors (Lipinski definition) is 8. The molecule has 0 bridgehead atoms. The summed E-state index contributed by atoms with van der Waals surface area (Å²) in [5.74, 6) is -0.729. The van der Waals surface area contributed by atoms with Crippen molar-refractivity contribution in [1.29, 1.82) is 0 Å². The molecule has 0 aromatic carbocycles. The summed E-state index contributed by atoms with van der Waals surface area (Å²) in [6.07, 6.45) is 29.2. The van der Waals surface area contributed by atoms with Crippen molar-refractivity contribution in [2.24, 2.45) is 0 Å². The van der Waals surface area contributed by atoms with Crippen molar-refractivity contribution in [2.75, 3.05) is 13.2 Å². The van der Waals surface area contributed by atoms with Crippen molar-refractivity contribution in [2.45, 2.75) is 236 Å². The lowest BCUT2D eigenvalue weighted by molar-refractivity contribution is -0.303. The predicted molar refractivity (Wildman–Crippen MR) is 228 cm³/mol. The topological polar surface area (TPSA) is 189 Å². The zero-order chi connectivity index (χ0) is 41.9. The van der Waals surface area contributed by atoms with Crippen molar-refractivity contribution in [3.8, 4) is 0 Å². The highest BCUT2D eigenvalue weighted by atomic mass is 16.7. The minimum Gasteiger partial charge on any atom is -0.394 e. The Hall–Kier alpha value is -1.67. The number of nitrogens with one attached hydrogen (secondary N) is 1. The van der Waals surface area contributed by atoms with Gasteiger partial charge in [0.15, 0.2) is 6.29 Å². The number of carbonyl (C=O) groups is 1. The third kappa shape index (κ3) is 26.2. The smallest absolute Gasteiger partial charge is 0.249 e. The first-order valence-electron chi connectivity index (χ1n) is 22.9. The monoisotopic (exact) mass is 812 g/mol. The largest absolute Gasteiger partial charge is 0.394 e. The van der Waals surface area contributed by atoms with Gasteiger partial charge < -0.3 is 50.5 Å². The molecule has 1 aliphatic heterocycles. The average molecular weight is 812 g/mol. The van der Waals surface area contributed by atoms with Crippen LogP contribution in [0.15, 0.2) is 36.5 Å². The normalized spacial score (nSPS) is 22.4. The Bertz CT molecular complexity index is 1020. The molecule has 0 spiro atoms. The molecule has 8 N–H and O–H groups in total. The van der Waals surface area contributed by atoms with E-state index in [9.17, 15) is 40.5 Å². The Kier molecular flexibility index (Phi) is 33.9. The lowest BCUT2D eigenvalue weighted by atomic mass is 9.98. The standard InChI is InChI=1S/C46H85NO10/c1-3-5-7-9-11-13-15-17-18-19-20-21-22-24-25-27-29-31-33-38(49)41(51)37(36-56-46-44(54)43(53)42(52)40(35-48)57-46)47-45(55)39(50)34-32-30-28-26-23-16-14-12-10-8-6-4-2/h20-21,23,25-27,37-44,46,48-54H,3-19,22,24,28-36H2,1-2H3,(H,47,55)/b21-20+,26-23-,27-25+. The summed E-state index contributed by atoms with van der Waals surface area (Å²) >= 11 is 0. The fraction of sp³-hybridized carbons (Fsp3) is 0.848. The Labute approximate surface area is 346 Å². The van der Waals surface area contributed by atoms with Gasteiger partial charge in [-0.2, -0.15) is 0 Å². The molecule has 1 rings (SSSR count). The number of amides is 1. The van der Waals surface area contributed by atoms with E-state index in [1.165, 1.54) is 96.3 Å². The molecule has 9 atom stereocenters. The summed E-state index contributed by atoms with van der Waals surface area (Å²) in [6.45, 7) is 3.38. The van der Waals surface area contributed by atoms with Crippen LogP contribution in [-0.2, 0) is 14.3 Å². The zero-order valence-corrected chi connectivity index (χ0v) is 35.8. The van der Waals surface area contributed by atoms with Gasteiger partial charge in [0.1, 0.15) is 36.6 Å². The van der Waals surface area contributed by atoms with E-state index in [4.69, 9.17) is 9.47 Å². The quantitative estimate of drug-likeness (QED) is 0.0235. The van der Waals surface area contributed by atoms with Crippen LogP contribution in [0.4, 0.5) is 0 Å². The molecular formula is C46H85NO10. The van der Waals surface area contributed by atoms with E-state index in [0.717, 1.165) is 38.5 Å². The second kappa shape index (κ2) is 36.2. The Morgan fingerprint density at radius 1 is 0.596 bits per heavy atom. The molecule has 0 radical (unpaired) electrons. The predicted octanol–water partition coefficient (Wildman–Crippen LogP) is 7.22. The van der Waals surface area contributed by atoms with Gasteiger partial charge in [-0.15, -0.1) is 0 Å². The molecule has 1 heterocycles. The van der Waals surface area contributed by atoms with Crippen LogP contribution < -0.4 is 5.32 Å². The minimum absolute atomic E-state index is 0.220. The van der Waals surface area contributed by atoms with E-state index in [1.807, 2.05) is 0 Å². The Morgan fingerprint density at radius 2 is 1.05 bits per heavy atom. The van der Waals surface area contributed by atoms with Gasteiger partial charge in [-0.25, -0.2) is 0 Å². The Morgan fingerprint density at radius 3 is 1.56 bits per heavy atom. The van der Waals surface area contributed by atoms with Crippen molar-refractivity contribution in [3.63, 3.8) is 0 Å². The van der Waals surface area contributed by atoms with Gasteiger partial charge in [0, 0.05) is 0 Å². The molecule has 9 unspecified atom stereocenters. The van der Waals surface area contributed by atoms with E-state index in [0.29, 0.717) is 19.3 Å². The molecular weight excluding hydrogens is 727 g/mol. The molecule has 11 nitrogen and oxygen atoms in total. The number of aliphatic hydroxyl groups is 7. The van der Waals surface area contributed by atoms with Crippen LogP contribution in [-0.4, -0.2) is 110 Å². The van der Waals surface area contributed by atoms with Crippen LogP contribution in [0.2, 0.25) is 0 Å². The minimum atomic E-state index is -1.67. The summed E-state index contributed by atoms with van der Waals surface area (Å²) in [6, 6.07) is -1.20. The summed E-state index contributed by atoms with van der Waals surface area (Å²) in [7, 11) is 0. The van der Waals surface area contributed by atoms with Crippen LogP contribution in [0.5, 0.6) is 0 Å². The first-order chi connectivity index (χ1) is 27.7. The third-order valence-corrected chi connectivity index (χ3v) is 10.9. The molecule has 0 aliphatic carbocycles. The van der Waals surface area contributed by atoms with E-state index in [2.05, 4.69) is 55.6 Å². The molecule has 0 saturated carbocycles. The summed E-state index contributed by atoms with van der Waals surface area (Å²) in [4.78, 5) is 13.0. The number of unbranched alkanes of at least 4 members (excludes halogenated alkanes) is 19. The first kappa shape index (κ1) is 53.3. The number of aliphatic hydroxyl groups excluding tert-OH is 7. The number of allylic oxidation sites excluding steroid dienone is 6. The molecule has 0 aromatic rings. The van der Waals surface area contributed by atoms with E-state index >= 15 is 0 Å². The number of carbonyl (C=O) groups excluding carboxylic acids is 1. The van der Waals surface area contributed by atoms with E-state index in [1.54, 1.807) is 0 Å². The number of ether oxygens (including phenoxy) is 2. The maximum Gasteiger partial charge on any atom is 0.249 e. The van der Waals surface area contributed by atoms with Crippen molar-refractivity contribution in [3.05, 3.63) is 36.5 Å². The third-order valence-electron chi connectivity index (χ3n) is 10.9. The fourth-order valence-corrected chi connectivity index (χ4v) is 7.04. The van der Waals surface area contributed by atoms with Gasteiger partial charge in [-0.1, -0.05) is 140 Å². The van der Waals surface area contributed by atoms with E-state index < -0.39 is 74.2 Å². The van der Waals surface area contributed by atoms with Gasteiger partial charge in [0.05, 0.1) is 25.4 Å². The summed E-state index contributed by atoms with van der Waals surface area (Å²) < 4.78 is 11.0. The number of rotatable bonds is 37. The highest BCUT2D eigenvalue weighted by Crippen LogP contribution is 2.23. The zero-order valence-electron chi connectivity index (χ0n) is 35.8. The summed E-state index contributed by atoms with van der Waals surface area (Å²) in [5, 5.41) is 75.5. The Balaban J connectivity index is 2.51. The van der Waals surface area contributed by atoms with Crippen LogP contribution in [0.25, 0.3) is 0 Å². The van der Waals surface area contributed by atoms with Crippen molar-refractivity contribution in [1.82, 2.24) is 5.32 Å². The highest BCUT2D eigenvalue weighted by molar-refractivity contribution is 5.80. The number of hydrogen-bond acceptors (Lipinski definition) is 10. The first-order valence-corrected chi connectivity index (χ1v) is 22.9. The van der Waals surface area contributed by atoms with Gasteiger partial charge in [0.2, 0.25) is 5.91 Å². The SMILES string of the molecule is CCCCCCCC/C=C\CCCCC(O)C(=O)NC(COC1OC(CO)C(O)C(O)C1O)C(O)C(O)CCC/C=C/CC/C=C/CCCCCCCCCCC. The maximum absolute atomic E-state index is 13.0. The molecule has 57 heavy (non-hydrogen) atoms. The lowest BCUT2D eigenvalue weighted by Crippen LogP contribution is -2.60. The second-order valence-electron chi connectivity index (χ2n) is 16.1. The molecule has 1 aliphatic rings. The van der Waals surface area contributed by atoms with Crippen LogP contribution in [0, 0.1) is 0 Å². The summed E-state index contributed by atoms with van der Waals surface area (Å²) in [5.41, 5.74) is 0. The average Bonchev–Trinajstić information content (AvgIpc) is 3.21.